The third-order valence-electron chi connectivity index (χ3n) is 12.6. The number of allylic oxidation sites excluding steroid dienone is 1. The van der Waals surface area contributed by atoms with E-state index in [1.165, 1.54) is 22.3 Å². The maximum atomic E-state index is 12.3. The van der Waals surface area contributed by atoms with Gasteiger partial charge < -0.3 is 38.6 Å². The molecule has 0 aromatic heterocycles. The highest BCUT2D eigenvalue weighted by atomic mass is 35.5. The average molecular weight is 1030 g/mol. The lowest BCUT2D eigenvalue weighted by atomic mass is 9.71. The lowest BCUT2D eigenvalue weighted by Crippen LogP contribution is -2.35. The number of hydrogen-bond acceptors (Lipinski definition) is 8. The first-order chi connectivity index (χ1) is 37.1. The lowest BCUT2D eigenvalue weighted by molar-refractivity contribution is 0.0302. The molecule has 8 aromatic rings. The number of aliphatic hydroxyl groups excluding tert-OH is 1. The summed E-state index contributed by atoms with van der Waals surface area (Å²) in [4.78, 5) is 0. The van der Waals surface area contributed by atoms with Crippen LogP contribution in [-0.4, -0.2) is 75.6 Å². The van der Waals surface area contributed by atoms with Gasteiger partial charge in [-0.1, -0.05) is 206 Å². The van der Waals surface area contributed by atoms with Crippen LogP contribution < -0.4 is 9.47 Å². The molecule has 0 saturated carbocycles. The molecule has 0 spiro atoms. The third-order valence-corrected chi connectivity index (χ3v) is 12.8. The number of rotatable bonds is 29. The minimum Gasteiger partial charge on any atom is -0.491 e. The van der Waals surface area contributed by atoms with Gasteiger partial charge in [0, 0.05) is 18.4 Å². The van der Waals surface area contributed by atoms with E-state index in [0.717, 1.165) is 45.6 Å². The maximum Gasteiger partial charge on any atom is 0.121 e. The van der Waals surface area contributed by atoms with Crippen molar-refractivity contribution in [1.82, 2.24) is 0 Å². The highest BCUT2D eigenvalue weighted by Gasteiger charge is 2.40. The van der Waals surface area contributed by atoms with Gasteiger partial charge in [-0.2, -0.15) is 0 Å². The van der Waals surface area contributed by atoms with E-state index in [4.69, 9.17) is 40.0 Å². The van der Waals surface area contributed by atoms with Crippen LogP contribution in [0.5, 0.6) is 11.5 Å². The molecular formula is C66H69ClO8. The summed E-state index contributed by atoms with van der Waals surface area (Å²) in [7, 11) is 0. The van der Waals surface area contributed by atoms with Crippen molar-refractivity contribution in [2.75, 3.05) is 65.3 Å². The number of aliphatic hydroxyl groups is 2. The molecular weight excluding hydrogens is 956 g/mol. The monoisotopic (exact) mass is 1020 g/mol. The van der Waals surface area contributed by atoms with Gasteiger partial charge in [0.05, 0.1) is 52.9 Å². The number of hydrogen-bond donors (Lipinski definition) is 2. The van der Waals surface area contributed by atoms with Crippen LogP contribution in [0.1, 0.15) is 63.3 Å². The predicted molar refractivity (Wildman–Crippen MR) is 302 cm³/mol. The summed E-state index contributed by atoms with van der Waals surface area (Å²) in [6, 6.07) is 76.5. The highest BCUT2D eigenvalue weighted by molar-refractivity contribution is 6.18. The first-order valence-corrected chi connectivity index (χ1v) is 26.3. The Kier molecular flexibility index (Phi) is 23.7. The Labute approximate surface area is 448 Å². The quantitative estimate of drug-likeness (QED) is 0.0272. The Morgan fingerprint density at radius 3 is 1.28 bits per heavy atom. The van der Waals surface area contributed by atoms with Gasteiger partial charge in [-0.3, -0.25) is 0 Å². The second-order valence-corrected chi connectivity index (χ2v) is 18.1. The molecule has 0 aliphatic carbocycles. The van der Waals surface area contributed by atoms with Gasteiger partial charge in [-0.05, 0) is 92.8 Å². The fourth-order valence-electron chi connectivity index (χ4n) is 8.89. The van der Waals surface area contributed by atoms with Gasteiger partial charge in [-0.15, -0.1) is 11.6 Å². The molecule has 0 amide bonds. The number of alkyl halides is 1. The Morgan fingerprint density at radius 2 is 0.800 bits per heavy atom. The molecule has 75 heavy (non-hydrogen) atoms. The molecule has 0 aliphatic heterocycles. The van der Waals surface area contributed by atoms with Crippen LogP contribution in [0.3, 0.4) is 0 Å². The van der Waals surface area contributed by atoms with Gasteiger partial charge >= 0.3 is 0 Å². The summed E-state index contributed by atoms with van der Waals surface area (Å²) >= 11 is 6.26. The van der Waals surface area contributed by atoms with E-state index in [0.29, 0.717) is 84.1 Å². The molecule has 0 fully saturated rings. The number of halogens is 1. The van der Waals surface area contributed by atoms with Gasteiger partial charge in [0.15, 0.2) is 0 Å². The van der Waals surface area contributed by atoms with E-state index in [1.54, 1.807) is 0 Å². The molecule has 0 saturated heterocycles. The Morgan fingerprint density at radius 1 is 0.413 bits per heavy atom. The molecule has 0 aliphatic rings. The minimum absolute atomic E-state index is 0.0345. The smallest absolute Gasteiger partial charge is 0.121 e. The topological polar surface area (TPSA) is 95.8 Å². The summed E-state index contributed by atoms with van der Waals surface area (Å²) < 4.78 is 34.3. The molecule has 2 N–H and O–H groups in total. The zero-order chi connectivity index (χ0) is 52.0. The van der Waals surface area contributed by atoms with Crippen LogP contribution in [0, 0.1) is 0 Å². The third kappa shape index (κ3) is 17.6. The molecule has 8 aromatic carbocycles. The van der Waals surface area contributed by atoms with Crippen molar-refractivity contribution in [3.05, 3.63) is 275 Å². The number of ether oxygens (including phenoxy) is 6. The maximum absolute atomic E-state index is 12.3. The van der Waals surface area contributed by atoms with E-state index >= 15 is 0 Å². The molecule has 2 unspecified atom stereocenters. The normalized spacial score (nSPS) is 12.6. The highest BCUT2D eigenvalue weighted by Crippen LogP contribution is 2.45. The fourth-order valence-corrected chi connectivity index (χ4v) is 9.08. The molecule has 0 radical (unpaired) electrons. The van der Waals surface area contributed by atoms with Crippen molar-refractivity contribution in [3.63, 3.8) is 0 Å². The van der Waals surface area contributed by atoms with Crippen LogP contribution >= 0.6 is 11.6 Å². The molecule has 8 rings (SSSR count). The standard InChI is InChI=1S/C33H33ClO3.C33H36O5/c34-21-20-32(28-12-6-2-7-13-28)33(29-14-8-3-9-15-29)30-16-18-31(19-17-30)37-25-24-35-22-23-36-26-27-10-4-1-5-11-27;34-21-20-32(28-12-6-2-7-13-28)33(35,29-14-8-3-9-15-29)30-16-18-31(19-17-30)38-25-24-36-22-23-37-26-27-10-4-1-5-11-27/h1-19H,20-26H2;1-19,32,34-35H,20-26H2/b33-32-;. The molecule has 9 heteroatoms. The summed E-state index contributed by atoms with van der Waals surface area (Å²) in [5.74, 6) is 1.74. The molecule has 2 atom stereocenters. The predicted octanol–water partition coefficient (Wildman–Crippen LogP) is 13.6. The fraction of sp³-hybridized carbons (Fsp3) is 0.242. The van der Waals surface area contributed by atoms with E-state index in [9.17, 15) is 10.2 Å². The van der Waals surface area contributed by atoms with Gasteiger partial charge in [0.2, 0.25) is 0 Å². The average Bonchev–Trinajstić information content (AvgIpc) is 3.48. The van der Waals surface area contributed by atoms with Crippen molar-refractivity contribution < 1.29 is 38.6 Å². The summed E-state index contributed by atoms with van der Waals surface area (Å²) in [6.07, 6.45) is 1.19. The summed E-state index contributed by atoms with van der Waals surface area (Å²) in [5.41, 5.74) is 9.39. The Balaban J connectivity index is 0.000000219. The van der Waals surface area contributed by atoms with E-state index in [2.05, 4.69) is 72.8 Å². The van der Waals surface area contributed by atoms with Crippen molar-refractivity contribution in [2.45, 2.75) is 37.6 Å². The molecule has 0 bridgehead atoms. The van der Waals surface area contributed by atoms with Crippen LogP contribution in [0.2, 0.25) is 0 Å². The van der Waals surface area contributed by atoms with Crippen molar-refractivity contribution in [3.8, 4) is 11.5 Å². The molecule has 388 valence electrons. The van der Waals surface area contributed by atoms with Crippen LogP contribution in [0.15, 0.2) is 231 Å². The second kappa shape index (κ2) is 31.8. The number of benzene rings is 8. The van der Waals surface area contributed by atoms with E-state index in [-0.39, 0.29) is 12.5 Å². The van der Waals surface area contributed by atoms with E-state index < -0.39 is 5.60 Å². The largest absolute Gasteiger partial charge is 0.491 e. The lowest BCUT2D eigenvalue weighted by Gasteiger charge is -2.38. The van der Waals surface area contributed by atoms with Crippen molar-refractivity contribution in [1.29, 1.82) is 0 Å². The van der Waals surface area contributed by atoms with Crippen LogP contribution in [0.4, 0.5) is 0 Å². The molecule has 8 nitrogen and oxygen atoms in total. The van der Waals surface area contributed by atoms with Crippen LogP contribution in [-0.2, 0) is 37.8 Å². The Bertz CT molecular complexity index is 2780. The first kappa shape index (κ1) is 55.9. The first-order valence-electron chi connectivity index (χ1n) is 25.8. The minimum atomic E-state index is -1.33. The SMILES string of the molecule is ClCC/C(=C(\c1ccccc1)c1ccc(OCCOCCOCc2ccccc2)cc1)c1ccccc1.OCCC(c1ccccc1)C(O)(c1ccccc1)c1ccc(OCCOCCOCc2ccccc2)cc1. The zero-order valence-electron chi connectivity index (χ0n) is 42.6. The van der Waals surface area contributed by atoms with E-state index in [1.807, 2.05) is 158 Å². The van der Waals surface area contributed by atoms with Crippen molar-refractivity contribution >= 4 is 22.7 Å². The van der Waals surface area contributed by atoms with Gasteiger partial charge in [0.25, 0.3) is 0 Å². The summed E-state index contributed by atoms with van der Waals surface area (Å²) in [5, 5.41) is 22.2. The summed E-state index contributed by atoms with van der Waals surface area (Å²) in [6.45, 7) is 5.15. The van der Waals surface area contributed by atoms with Crippen LogP contribution in [0.25, 0.3) is 11.1 Å². The second-order valence-electron chi connectivity index (χ2n) is 17.7. The molecule has 0 heterocycles. The van der Waals surface area contributed by atoms with Crippen molar-refractivity contribution in [2.24, 2.45) is 0 Å². The van der Waals surface area contributed by atoms with Gasteiger partial charge in [-0.25, -0.2) is 0 Å². The Hall–Kier alpha value is -6.85. The van der Waals surface area contributed by atoms with Gasteiger partial charge in [0.1, 0.15) is 30.3 Å². The zero-order valence-corrected chi connectivity index (χ0v) is 43.4.